The van der Waals surface area contributed by atoms with Gasteiger partial charge in [-0.1, -0.05) is 103 Å². The Morgan fingerprint density at radius 1 is 0.714 bits per heavy atom. The van der Waals surface area contributed by atoms with E-state index in [-0.39, 0.29) is 17.1 Å². The van der Waals surface area contributed by atoms with Crippen LogP contribution in [0.5, 0.6) is 11.5 Å². The molecule has 4 heteroatoms. The quantitative estimate of drug-likeness (QED) is 0.285. The number of hydrogen-bond acceptors (Lipinski definition) is 3. The summed E-state index contributed by atoms with van der Waals surface area (Å²) in [6.07, 6.45) is 21.2. The van der Waals surface area contributed by atoms with E-state index >= 15 is 0 Å². The Hall–Kier alpha value is -1.45. The zero-order valence-corrected chi connectivity index (χ0v) is 18.3. The number of aromatic nitrogens is 1. The first-order chi connectivity index (χ1) is 13.6. The minimum absolute atomic E-state index is 0.184. The van der Waals surface area contributed by atoms with Crippen molar-refractivity contribution in [2.75, 3.05) is 0 Å². The third kappa shape index (κ3) is 10.2. The molecule has 0 spiro atoms. The van der Waals surface area contributed by atoms with E-state index in [4.69, 9.17) is 0 Å². The molecule has 28 heavy (non-hydrogen) atoms. The Morgan fingerprint density at radius 2 is 1.11 bits per heavy atom. The summed E-state index contributed by atoms with van der Waals surface area (Å²) in [5.74, 6) is -0.512. The molecule has 162 valence electrons. The van der Waals surface area contributed by atoms with Gasteiger partial charge in [-0.2, -0.15) is 0 Å². The summed E-state index contributed by atoms with van der Waals surface area (Å²) in [4.78, 5) is 11.9. The molecule has 0 saturated carbocycles. The van der Waals surface area contributed by atoms with Gasteiger partial charge in [0.05, 0.1) is 5.69 Å². The number of aromatic hydroxyl groups is 2. The van der Waals surface area contributed by atoms with E-state index in [1.54, 1.807) is 11.5 Å². The van der Waals surface area contributed by atoms with Crippen LogP contribution in [0.4, 0.5) is 0 Å². The van der Waals surface area contributed by atoms with Gasteiger partial charge in [0, 0.05) is 12.6 Å². The smallest absolute Gasteiger partial charge is 0.254 e. The SMILES string of the molecule is CCCCCCCCCCCCCCCCCCn1c(C)c(O)c(O)cc1=O. The highest BCUT2D eigenvalue weighted by Crippen LogP contribution is 2.25. The van der Waals surface area contributed by atoms with Crippen LogP contribution in [0.25, 0.3) is 0 Å². The highest BCUT2D eigenvalue weighted by Gasteiger charge is 2.10. The van der Waals surface area contributed by atoms with Crippen LogP contribution in [0.2, 0.25) is 0 Å². The van der Waals surface area contributed by atoms with Crippen LogP contribution in [-0.4, -0.2) is 14.8 Å². The van der Waals surface area contributed by atoms with Gasteiger partial charge in [-0.15, -0.1) is 0 Å². The van der Waals surface area contributed by atoms with Gasteiger partial charge in [0.1, 0.15) is 0 Å². The Morgan fingerprint density at radius 3 is 1.54 bits per heavy atom. The Labute approximate surface area is 172 Å². The Balaban J connectivity index is 1.93. The molecule has 1 aromatic rings. The number of unbranched alkanes of at least 4 members (excludes halogenated alkanes) is 15. The molecule has 4 nitrogen and oxygen atoms in total. The van der Waals surface area contributed by atoms with Crippen molar-refractivity contribution >= 4 is 0 Å². The van der Waals surface area contributed by atoms with Crippen molar-refractivity contribution in [2.24, 2.45) is 0 Å². The summed E-state index contributed by atoms with van der Waals surface area (Å²) in [5.41, 5.74) is 0.208. The molecule has 0 radical (unpaired) electrons. The summed E-state index contributed by atoms with van der Waals surface area (Å²) in [6.45, 7) is 4.55. The fourth-order valence-electron chi connectivity index (χ4n) is 3.84. The first kappa shape index (κ1) is 24.6. The van der Waals surface area contributed by atoms with E-state index < -0.39 is 0 Å². The summed E-state index contributed by atoms with van der Waals surface area (Å²) in [5, 5.41) is 19.2. The molecule has 0 amide bonds. The van der Waals surface area contributed by atoms with Gasteiger partial charge >= 0.3 is 0 Å². The summed E-state index contributed by atoms with van der Waals surface area (Å²) < 4.78 is 1.55. The van der Waals surface area contributed by atoms with E-state index in [0.717, 1.165) is 18.9 Å². The van der Waals surface area contributed by atoms with E-state index in [2.05, 4.69) is 6.92 Å². The van der Waals surface area contributed by atoms with Crippen molar-refractivity contribution in [3.05, 3.63) is 22.1 Å². The molecule has 1 aromatic heterocycles. The predicted molar refractivity (Wildman–Crippen MR) is 118 cm³/mol. The molecule has 0 aliphatic rings. The Kier molecular flexibility index (Phi) is 13.6. The van der Waals surface area contributed by atoms with E-state index in [9.17, 15) is 15.0 Å². The highest BCUT2D eigenvalue weighted by atomic mass is 16.3. The minimum Gasteiger partial charge on any atom is -0.504 e. The topological polar surface area (TPSA) is 62.5 Å². The van der Waals surface area contributed by atoms with Gasteiger partial charge in [0.25, 0.3) is 5.56 Å². The molecule has 0 fully saturated rings. The molecule has 1 heterocycles. The zero-order valence-electron chi connectivity index (χ0n) is 18.3. The number of hydrogen-bond donors (Lipinski definition) is 2. The van der Waals surface area contributed by atoms with Gasteiger partial charge in [-0.3, -0.25) is 4.79 Å². The van der Waals surface area contributed by atoms with E-state index in [1.807, 2.05) is 0 Å². The first-order valence-electron chi connectivity index (χ1n) is 11.7. The molecule has 2 N–H and O–H groups in total. The van der Waals surface area contributed by atoms with Gasteiger partial charge < -0.3 is 14.8 Å². The lowest BCUT2D eigenvalue weighted by Crippen LogP contribution is -2.21. The van der Waals surface area contributed by atoms with Crippen LogP contribution in [0.15, 0.2) is 10.9 Å². The largest absolute Gasteiger partial charge is 0.504 e. The van der Waals surface area contributed by atoms with Crippen LogP contribution in [0, 0.1) is 6.92 Å². The zero-order chi connectivity index (χ0) is 20.6. The lowest BCUT2D eigenvalue weighted by molar-refractivity contribution is 0.389. The van der Waals surface area contributed by atoms with Gasteiger partial charge in [-0.05, 0) is 13.3 Å². The average molecular weight is 394 g/mol. The lowest BCUT2D eigenvalue weighted by Gasteiger charge is -2.11. The maximum absolute atomic E-state index is 11.9. The maximum Gasteiger partial charge on any atom is 0.254 e. The maximum atomic E-state index is 11.9. The summed E-state index contributed by atoms with van der Waals surface area (Å²) in [7, 11) is 0. The van der Waals surface area contributed by atoms with Crippen LogP contribution in [0.1, 0.15) is 115 Å². The van der Waals surface area contributed by atoms with Gasteiger partial charge in [0.2, 0.25) is 0 Å². The Bertz CT molecular complexity index is 580. The standard InChI is InChI=1S/C24H43NO3/c1-3-4-5-6-7-8-9-10-11-12-13-14-15-16-17-18-19-25-21(2)24(28)22(26)20-23(25)27/h20,26,28H,3-19H2,1-2H3. The molecule has 0 saturated heterocycles. The van der Waals surface area contributed by atoms with Crippen LogP contribution < -0.4 is 5.56 Å². The number of rotatable bonds is 17. The monoisotopic (exact) mass is 393 g/mol. The van der Waals surface area contributed by atoms with E-state index in [0.29, 0.717) is 12.2 Å². The number of pyridine rings is 1. The van der Waals surface area contributed by atoms with Crippen molar-refractivity contribution in [1.82, 2.24) is 4.57 Å². The van der Waals surface area contributed by atoms with Crippen LogP contribution in [-0.2, 0) is 6.54 Å². The van der Waals surface area contributed by atoms with Crippen molar-refractivity contribution in [3.8, 4) is 11.5 Å². The summed E-state index contributed by atoms with van der Waals surface area (Å²) >= 11 is 0. The lowest BCUT2D eigenvalue weighted by atomic mass is 10.0. The molecular weight excluding hydrogens is 350 g/mol. The van der Waals surface area contributed by atoms with Crippen molar-refractivity contribution in [3.63, 3.8) is 0 Å². The predicted octanol–water partition coefficient (Wildman–Crippen LogP) is 6.83. The normalized spacial score (nSPS) is 11.2. The van der Waals surface area contributed by atoms with Gasteiger partial charge in [-0.25, -0.2) is 0 Å². The molecule has 0 unspecified atom stereocenters. The van der Waals surface area contributed by atoms with E-state index in [1.165, 1.54) is 89.9 Å². The highest BCUT2D eigenvalue weighted by molar-refractivity contribution is 5.39. The third-order valence-electron chi connectivity index (χ3n) is 5.75. The van der Waals surface area contributed by atoms with Crippen molar-refractivity contribution in [2.45, 2.75) is 123 Å². The molecular formula is C24H43NO3. The summed E-state index contributed by atoms with van der Waals surface area (Å²) in [6, 6.07) is 1.09. The number of nitrogens with zero attached hydrogens (tertiary/aromatic N) is 1. The molecule has 0 bridgehead atoms. The van der Waals surface area contributed by atoms with Crippen LogP contribution in [0.3, 0.4) is 0 Å². The molecule has 0 aromatic carbocycles. The van der Waals surface area contributed by atoms with Crippen molar-refractivity contribution in [1.29, 1.82) is 0 Å². The average Bonchev–Trinajstić information content (AvgIpc) is 2.68. The van der Waals surface area contributed by atoms with Gasteiger partial charge in [0.15, 0.2) is 11.5 Å². The second-order valence-electron chi connectivity index (χ2n) is 8.26. The van der Waals surface area contributed by atoms with Crippen molar-refractivity contribution < 1.29 is 10.2 Å². The minimum atomic E-state index is -0.328. The molecule has 0 aliphatic heterocycles. The second-order valence-corrected chi connectivity index (χ2v) is 8.26. The molecule has 0 aliphatic carbocycles. The molecule has 1 rings (SSSR count). The fraction of sp³-hybridized carbons (Fsp3) is 0.792. The second kappa shape index (κ2) is 15.5. The molecule has 0 atom stereocenters. The first-order valence-corrected chi connectivity index (χ1v) is 11.7. The van der Waals surface area contributed by atoms with Crippen LogP contribution >= 0.6 is 0 Å². The fourth-order valence-corrected chi connectivity index (χ4v) is 3.84. The third-order valence-corrected chi connectivity index (χ3v) is 5.75.